The van der Waals surface area contributed by atoms with Gasteiger partial charge in [-0.3, -0.25) is 9.59 Å². The number of carbonyl (C=O) groups is 2. The molecule has 0 atom stereocenters. The summed E-state index contributed by atoms with van der Waals surface area (Å²) in [5, 5.41) is 42.6. The van der Waals surface area contributed by atoms with E-state index in [1.165, 1.54) is 9.80 Å². The van der Waals surface area contributed by atoms with E-state index in [0.29, 0.717) is 13.1 Å². The highest BCUT2D eigenvalue weighted by molar-refractivity contribution is 5.77. The lowest BCUT2D eigenvalue weighted by Crippen LogP contribution is -2.36. The van der Waals surface area contributed by atoms with Gasteiger partial charge in [-0.15, -0.1) is 0 Å². The van der Waals surface area contributed by atoms with Crippen molar-refractivity contribution in [3.05, 3.63) is 48.5 Å². The van der Waals surface area contributed by atoms with E-state index >= 15 is 0 Å². The average Bonchev–Trinajstić information content (AvgIpc) is 2.89. The fourth-order valence-electron chi connectivity index (χ4n) is 3.71. The molecule has 0 heterocycles. The van der Waals surface area contributed by atoms with Crippen LogP contribution in [0.25, 0.3) is 11.1 Å². The topological polar surface area (TPSA) is 146 Å². The number of amides is 2. The first-order valence-electron chi connectivity index (χ1n) is 12.2. The summed E-state index contributed by atoms with van der Waals surface area (Å²) in [7, 11) is 0. The quantitative estimate of drug-likeness (QED) is 0.184. The summed E-state index contributed by atoms with van der Waals surface area (Å²) in [6.45, 7) is 1.24. The molecular formula is C26H38N4O6. The molecule has 0 unspecified atom stereocenters. The lowest BCUT2D eigenvalue weighted by Gasteiger charge is -2.20. The van der Waals surface area contributed by atoms with Crippen molar-refractivity contribution in [2.75, 3.05) is 76.3 Å². The molecule has 10 nitrogen and oxygen atoms in total. The summed E-state index contributed by atoms with van der Waals surface area (Å²) in [6.07, 6.45) is 0.533. The summed E-state index contributed by atoms with van der Waals surface area (Å²) >= 11 is 0. The third-order valence-electron chi connectivity index (χ3n) is 5.62. The van der Waals surface area contributed by atoms with Gasteiger partial charge in [0.05, 0.1) is 26.4 Å². The zero-order valence-electron chi connectivity index (χ0n) is 20.6. The molecular weight excluding hydrogens is 464 g/mol. The van der Waals surface area contributed by atoms with Crippen LogP contribution in [0.15, 0.2) is 48.5 Å². The molecule has 0 radical (unpaired) electrons. The smallest absolute Gasteiger partial charge is 0.224 e. The molecule has 2 rings (SSSR count). The van der Waals surface area contributed by atoms with E-state index in [-0.39, 0.29) is 77.3 Å². The Bertz CT molecular complexity index is 820. The number of aliphatic hydroxyl groups excluding tert-OH is 4. The Balaban J connectivity index is 1.80. The molecule has 6 N–H and O–H groups in total. The second-order valence-electron chi connectivity index (χ2n) is 8.16. The molecule has 198 valence electrons. The van der Waals surface area contributed by atoms with E-state index in [0.717, 1.165) is 22.5 Å². The molecule has 2 aromatic carbocycles. The number of nitrogens with zero attached hydrogens (tertiary/aromatic N) is 2. The van der Waals surface area contributed by atoms with Gasteiger partial charge in [-0.2, -0.15) is 0 Å². The number of anilines is 2. The van der Waals surface area contributed by atoms with Crippen LogP contribution in [0.5, 0.6) is 0 Å². The average molecular weight is 503 g/mol. The highest BCUT2D eigenvalue weighted by Crippen LogP contribution is 2.23. The zero-order valence-corrected chi connectivity index (χ0v) is 20.6. The van der Waals surface area contributed by atoms with Crippen molar-refractivity contribution in [2.45, 2.75) is 12.8 Å². The van der Waals surface area contributed by atoms with Gasteiger partial charge in [-0.25, -0.2) is 0 Å². The minimum absolute atomic E-state index is 0.118. The van der Waals surface area contributed by atoms with Gasteiger partial charge in [0.25, 0.3) is 0 Å². The van der Waals surface area contributed by atoms with Crippen molar-refractivity contribution in [3.8, 4) is 11.1 Å². The molecule has 0 bridgehead atoms. The van der Waals surface area contributed by atoms with E-state index in [2.05, 4.69) is 10.6 Å². The number of benzene rings is 2. The van der Waals surface area contributed by atoms with Gasteiger partial charge in [0.1, 0.15) is 0 Å². The maximum absolute atomic E-state index is 12.2. The van der Waals surface area contributed by atoms with Crippen molar-refractivity contribution in [1.82, 2.24) is 9.80 Å². The van der Waals surface area contributed by atoms with Crippen LogP contribution in [0.4, 0.5) is 11.4 Å². The van der Waals surface area contributed by atoms with Gasteiger partial charge >= 0.3 is 0 Å². The lowest BCUT2D eigenvalue weighted by molar-refractivity contribution is -0.132. The third-order valence-corrected chi connectivity index (χ3v) is 5.62. The van der Waals surface area contributed by atoms with Crippen molar-refractivity contribution in [2.24, 2.45) is 0 Å². The highest BCUT2D eigenvalue weighted by atomic mass is 16.3. The molecule has 0 saturated carbocycles. The second-order valence-corrected chi connectivity index (χ2v) is 8.16. The van der Waals surface area contributed by atoms with Crippen molar-refractivity contribution >= 4 is 23.2 Å². The summed E-state index contributed by atoms with van der Waals surface area (Å²) in [6, 6.07) is 15.8. The third kappa shape index (κ3) is 9.82. The number of hydrogen-bond acceptors (Lipinski definition) is 8. The molecule has 0 aliphatic rings. The van der Waals surface area contributed by atoms with Gasteiger partial charge in [0.2, 0.25) is 11.8 Å². The Morgan fingerprint density at radius 3 is 1.14 bits per heavy atom. The predicted molar refractivity (Wildman–Crippen MR) is 140 cm³/mol. The molecule has 0 aliphatic heterocycles. The molecule has 10 heteroatoms. The molecule has 0 saturated heterocycles. The minimum Gasteiger partial charge on any atom is -0.395 e. The molecule has 36 heavy (non-hydrogen) atoms. The van der Waals surface area contributed by atoms with Gasteiger partial charge in [0, 0.05) is 63.5 Å². The normalized spacial score (nSPS) is 10.7. The summed E-state index contributed by atoms with van der Waals surface area (Å²) in [5.74, 6) is -0.235. The number of carbonyl (C=O) groups excluding carboxylic acids is 2. The van der Waals surface area contributed by atoms with E-state index in [1.807, 2.05) is 48.5 Å². The Morgan fingerprint density at radius 1 is 0.556 bits per heavy atom. The van der Waals surface area contributed by atoms with Crippen molar-refractivity contribution in [3.63, 3.8) is 0 Å². The molecule has 2 amide bonds. The van der Waals surface area contributed by atoms with Crippen LogP contribution in [0.2, 0.25) is 0 Å². The SMILES string of the molecule is O=C(CCNc1ccc(-c2ccc(NCCC(=O)N(CCO)CCO)cc2)cc1)N(CCO)CCO. The van der Waals surface area contributed by atoms with Gasteiger partial charge in [-0.05, 0) is 35.4 Å². The van der Waals surface area contributed by atoms with Crippen LogP contribution >= 0.6 is 0 Å². The first kappa shape index (κ1) is 29.1. The fraction of sp³-hybridized carbons (Fsp3) is 0.462. The maximum atomic E-state index is 12.2. The van der Waals surface area contributed by atoms with Gasteiger partial charge in [0.15, 0.2) is 0 Å². The molecule has 0 aliphatic carbocycles. The summed E-state index contributed by atoms with van der Waals surface area (Å²) in [5.41, 5.74) is 3.86. The summed E-state index contributed by atoms with van der Waals surface area (Å²) < 4.78 is 0. The summed E-state index contributed by atoms with van der Waals surface area (Å²) in [4.78, 5) is 27.3. The fourth-order valence-corrected chi connectivity index (χ4v) is 3.71. The van der Waals surface area contributed by atoms with Crippen molar-refractivity contribution in [1.29, 1.82) is 0 Å². The zero-order chi connectivity index (χ0) is 26.2. The number of aliphatic hydroxyl groups is 4. The van der Waals surface area contributed by atoms with E-state index in [9.17, 15) is 9.59 Å². The van der Waals surface area contributed by atoms with Gasteiger partial charge < -0.3 is 40.9 Å². The largest absolute Gasteiger partial charge is 0.395 e. The molecule has 2 aromatic rings. The van der Waals surface area contributed by atoms with E-state index in [1.54, 1.807) is 0 Å². The van der Waals surface area contributed by atoms with Crippen LogP contribution in [0.3, 0.4) is 0 Å². The number of nitrogens with one attached hydrogen (secondary N) is 2. The molecule has 0 fully saturated rings. The Labute approximate surface area is 212 Å². The second kappa shape index (κ2) is 16.5. The highest BCUT2D eigenvalue weighted by Gasteiger charge is 2.13. The number of rotatable bonds is 17. The van der Waals surface area contributed by atoms with Crippen LogP contribution in [-0.2, 0) is 9.59 Å². The van der Waals surface area contributed by atoms with Crippen LogP contribution in [0, 0.1) is 0 Å². The van der Waals surface area contributed by atoms with Crippen LogP contribution in [0.1, 0.15) is 12.8 Å². The van der Waals surface area contributed by atoms with Gasteiger partial charge in [-0.1, -0.05) is 24.3 Å². The molecule has 0 spiro atoms. The number of hydrogen-bond donors (Lipinski definition) is 6. The monoisotopic (exact) mass is 502 g/mol. The van der Waals surface area contributed by atoms with Crippen LogP contribution < -0.4 is 10.6 Å². The first-order chi connectivity index (χ1) is 17.5. The maximum Gasteiger partial charge on any atom is 0.224 e. The minimum atomic E-state index is -0.132. The molecule has 0 aromatic heterocycles. The lowest BCUT2D eigenvalue weighted by atomic mass is 10.0. The Kier molecular flexibility index (Phi) is 13.3. The Morgan fingerprint density at radius 2 is 0.861 bits per heavy atom. The van der Waals surface area contributed by atoms with E-state index in [4.69, 9.17) is 20.4 Å². The Hall–Kier alpha value is -3.18. The van der Waals surface area contributed by atoms with Crippen LogP contribution in [-0.4, -0.2) is 108 Å². The van der Waals surface area contributed by atoms with E-state index < -0.39 is 0 Å². The predicted octanol–water partition coefficient (Wildman–Crippen LogP) is 0.584. The standard InChI is InChI=1S/C26H38N4O6/c31-17-13-29(14-18-32)25(35)9-11-27-23-5-1-21(2-6-23)22-3-7-24(8-4-22)28-12-10-26(36)30(15-19-33)16-20-34/h1-8,27-28,31-34H,9-20H2. The van der Waals surface area contributed by atoms with Crippen molar-refractivity contribution < 1.29 is 30.0 Å². The first-order valence-corrected chi connectivity index (χ1v) is 12.2.